The van der Waals surface area contributed by atoms with E-state index < -0.39 is 0 Å². The van der Waals surface area contributed by atoms with Crippen LogP contribution in [0, 0.1) is 5.92 Å². The third-order valence-electron chi connectivity index (χ3n) is 3.41. The number of hydrogen-bond acceptors (Lipinski definition) is 4. The highest BCUT2D eigenvalue weighted by atomic mass is 16.5. The Labute approximate surface area is 112 Å². The van der Waals surface area contributed by atoms with Crippen LogP contribution in [0.2, 0.25) is 0 Å². The van der Waals surface area contributed by atoms with Crippen LogP contribution in [-0.4, -0.2) is 48.2 Å². The lowest BCUT2D eigenvalue weighted by Gasteiger charge is -2.24. The Bertz CT molecular complexity index is 434. The minimum absolute atomic E-state index is 0.116. The van der Waals surface area contributed by atoms with Crippen LogP contribution in [0.25, 0.3) is 0 Å². The Kier molecular flexibility index (Phi) is 3.64. The van der Waals surface area contributed by atoms with E-state index in [-0.39, 0.29) is 17.9 Å². The van der Waals surface area contributed by atoms with E-state index in [1.807, 2.05) is 17.0 Å². The molecule has 1 aliphatic carbocycles. The highest BCUT2D eigenvalue weighted by Gasteiger charge is 2.35. The number of nitrogens with zero attached hydrogens (tertiary/aromatic N) is 2. The summed E-state index contributed by atoms with van der Waals surface area (Å²) in [7, 11) is 0. The highest BCUT2D eigenvalue weighted by Crippen LogP contribution is 2.31. The minimum atomic E-state index is -0.116. The zero-order valence-corrected chi connectivity index (χ0v) is 10.8. The molecular formula is C14H18N2O3. The fraction of sp³-hybridized carbons (Fsp3) is 0.571. The van der Waals surface area contributed by atoms with E-state index in [9.17, 15) is 4.79 Å². The zero-order chi connectivity index (χ0) is 13.1. The molecule has 2 fully saturated rings. The molecule has 102 valence electrons. The van der Waals surface area contributed by atoms with Gasteiger partial charge >= 0.3 is 0 Å². The van der Waals surface area contributed by atoms with Crippen LogP contribution >= 0.6 is 0 Å². The number of amides is 1. The summed E-state index contributed by atoms with van der Waals surface area (Å²) >= 11 is 0. The van der Waals surface area contributed by atoms with Gasteiger partial charge in [0.1, 0.15) is 11.9 Å². The molecule has 0 radical (unpaired) electrons. The molecule has 2 heterocycles. The molecule has 1 amide bonds. The van der Waals surface area contributed by atoms with E-state index >= 15 is 0 Å². The van der Waals surface area contributed by atoms with Crippen molar-refractivity contribution in [2.24, 2.45) is 5.92 Å². The van der Waals surface area contributed by atoms with Crippen molar-refractivity contribution in [2.75, 3.05) is 26.3 Å². The van der Waals surface area contributed by atoms with Crippen molar-refractivity contribution >= 4 is 5.91 Å². The number of hydrogen-bond donors (Lipinski definition) is 0. The van der Waals surface area contributed by atoms with Gasteiger partial charge in [-0.3, -0.25) is 9.78 Å². The molecule has 1 aromatic rings. The van der Waals surface area contributed by atoms with Crippen molar-refractivity contribution in [2.45, 2.75) is 18.9 Å². The second-order valence-corrected chi connectivity index (χ2v) is 5.06. The largest absolute Gasteiger partial charge is 0.485 e. The summed E-state index contributed by atoms with van der Waals surface area (Å²) in [4.78, 5) is 18.0. The molecule has 0 spiro atoms. The summed E-state index contributed by atoms with van der Waals surface area (Å²) in [5.41, 5.74) is 0. The Balaban J connectivity index is 1.62. The molecule has 0 N–H and O–H groups in total. The Morgan fingerprint density at radius 3 is 3.11 bits per heavy atom. The van der Waals surface area contributed by atoms with E-state index in [0.717, 1.165) is 18.6 Å². The molecule has 1 atom stereocenters. The van der Waals surface area contributed by atoms with E-state index in [0.29, 0.717) is 26.3 Å². The number of rotatable bonds is 3. The Morgan fingerprint density at radius 2 is 2.37 bits per heavy atom. The molecule has 3 rings (SSSR count). The summed E-state index contributed by atoms with van der Waals surface area (Å²) in [5.74, 6) is 1.22. The third kappa shape index (κ3) is 3.23. The maximum atomic E-state index is 12.1. The van der Waals surface area contributed by atoms with Crippen LogP contribution in [0.1, 0.15) is 12.8 Å². The summed E-state index contributed by atoms with van der Waals surface area (Å²) < 4.78 is 11.4. The van der Waals surface area contributed by atoms with E-state index in [4.69, 9.17) is 9.47 Å². The van der Waals surface area contributed by atoms with Crippen molar-refractivity contribution in [3.8, 4) is 5.75 Å². The zero-order valence-electron chi connectivity index (χ0n) is 10.8. The van der Waals surface area contributed by atoms with Crippen molar-refractivity contribution < 1.29 is 14.3 Å². The average molecular weight is 262 g/mol. The fourth-order valence-electron chi connectivity index (χ4n) is 2.25. The number of aromatic nitrogens is 1. The molecule has 1 saturated carbocycles. The quantitative estimate of drug-likeness (QED) is 0.818. The lowest BCUT2D eigenvalue weighted by Crippen LogP contribution is -2.40. The first kappa shape index (κ1) is 12.4. The van der Waals surface area contributed by atoms with Crippen LogP contribution < -0.4 is 4.74 Å². The van der Waals surface area contributed by atoms with Gasteiger partial charge in [0.25, 0.3) is 0 Å². The smallest absolute Gasteiger partial charge is 0.225 e. The van der Waals surface area contributed by atoms with E-state index in [1.165, 1.54) is 0 Å². The van der Waals surface area contributed by atoms with Gasteiger partial charge < -0.3 is 14.4 Å². The molecule has 2 aliphatic rings. The molecule has 19 heavy (non-hydrogen) atoms. The first-order valence-corrected chi connectivity index (χ1v) is 6.76. The van der Waals surface area contributed by atoms with Crippen LogP contribution in [0.4, 0.5) is 0 Å². The van der Waals surface area contributed by atoms with Gasteiger partial charge in [-0.05, 0) is 25.0 Å². The van der Waals surface area contributed by atoms with Gasteiger partial charge in [0.15, 0.2) is 0 Å². The molecule has 5 nitrogen and oxygen atoms in total. The predicted molar refractivity (Wildman–Crippen MR) is 68.8 cm³/mol. The normalized spacial score (nSPS) is 23.8. The molecule has 5 heteroatoms. The summed E-state index contributed by atoms with van der Waals surface area (Å²) in [6.07, 6.45) is 5.33. The molecule has 1 aromatic heterocycles. The molecule has 0 bridgehead atoms. The second kappa shape index (κ2) is 5.57. The standard InChI is InChI=1S/C14H18N2O3/c17-14(11-3-4-11)16-6-7-18-10-13(9-16)19-12-2-1-5-15-8-12/h1-2,5,8,11,13H,3-4,6-7,9-10H2/t13-/m1/s1. The topological polar surface area (TPSA) is 51.7 Å². The van der Waals surface area contributed by atoms with Gasteiger partial charge in [-0.1, -0.05) is 0 Å². The lowest BCUT2D eigenvalue weighted by molar-refractivity contribution is -0.133. The van der Waals surface area contributed by atoms with E-state index in [1.54, 1.807) is 12.4 Å². The van der Waals surface area contributed by atoms with Gasteiger partial charge in [0, 0.05) is 18.7 Å². The maximum Gasteiger partial charge on any atom is 0.225 e. The van der Waals surface area contributed by atoms with Crippen LogP contribution in [-0.2, 0) is 9.53 Å². The number of ether oxygens (including phenoxy) is 2. The first-order chi connectivity index (χ1) is 9.33. The van der Waals surface area contributed by atoms with Crippen LogP contribution in [0.3, 0.4) is 0 Å². The van der Waals surface area contributed by atoms with Gasteiger partial charge in [0.2, 0.25) is 5.91 Å². The number of carbonyl (C=O) groups is 1. The van der Waals surface area contributed by atoms with Gasteiger partial charge in [-0.25, -0.2) is 0 Å². The van der Waals surface area contributed by atoms with Gasteiger partial charge in [-0.15, -0.1) is 0 Å². The predicted octanol–water partition coefficient (Wildman–Crippen LogP) is 1.10. The minimum Gasteiger partial charge on any atom is -0.485 e. The fourth-order valence-corrected chi connectivity index (χ4v) is 2.25. The summed E-state index contributed by atoms with van der Waals surface area (Å²) in [6, 6.07) is 3.70. The lowest BCUT2D eigenvalue weighted by atomic mass is 10.3. The molecular weight excluding hydrogens is 244 g/mol. The Hall–Kier alpha value is -1.62. The van der Waals surface area contributed by atoms with Crippen molar-refractivity contribution in [3.05, 3.63) is 24.5 Å². The molecule has 0 aromatic carbocycles. The number of pyridine rings is 1. The highest BCUT2D eigenvalue weighted by molar-refractivity contribution is 5.81. The molecule has 0 unspecified atom stereocenters. The maximum absolute atomic E-state index is 12.1. The Morgan fingerprint density at radius 1 is 1.47 bits per heavy atom. The summed E-state index contributed by atoms with van der Waals surface area (Å²) in [5, 5.41) is 0. The monoisotopic (exact) mass is 262 g/mol. The van der Waals surface area contributed by atoms with Crippen molar-refractivity contribution in [3.63, 3.8) is 0 Å². The van der Waals surface area contributed by atoms with Gasteiger partial charge in [0.05, 0.1) is 26.0 Å². The second-order valence-electron chi connectivity index (χ2n) is 5.06. The first-order valence-electron chi connectivity index (χ1n) is 6.76. The van der Waals surface area contributed by atoms with E-state index in [2.05, 4.69) is 4.98 Å². The van der Waals surface area contributed by atoms with Crippen molar-refractivity contribution in [1.29, 1.82) is 0 Å². The number of carbonyl (C=O) groups excluding carboxylic acids is 1. The van der Waals surface area contributed by atoms with Gasteiger partial charge in [-0.2, -0.15) is 0 Å². The van der Waals surface area contributed by atoms with Crippen molar-refractivity contribution in [1.82, 2.24) is 9.88 Å². The van der Waals surface area contributed by atoms with Crippen LogP contribution in [0.15, 0.2) is 24.5 Å². The summed E-state index contributed by atoms with van der Waals surface area (Å²) in [6.45, 7) is 2.38. The average Bonchev–Trinajstić information content (AvgIpc) is 3.27. The third-order valence-corrected chi connectivity index (χ3v) is 3.41. The molecule has 1 saturated heterocycles. The SMILES string of the molecule is O=C(C1CC1)N1CCOC[C@H](Oc2cccnc2)C1. The molecule has 1 aliphatic heterocycles. The van der Waals surface area contributed by atoms with Crippen LogP contribution in [0.5, 0.6) is 5.75 Å².